The molecule has 0 radical (unpaired) electrons. The summed E-state index contributed by atoms with van der Waals surface area (Å²) in [6.45, 7) is 0. The van der Waals surface area contributed by atoms with Gasteiger partial charge in [-0.25, -0.2) is 0 Å². The lowest BCUT2D eigenvalue weighted by Gasteiger charge is -2.25. The van der Waals surface area contributed by atoms with E-state index >= 15 is 0 Å². The van der Waals surface area contributed by atoms with Crippen LogP contribution >= 0.6 is 11.3 Å². The van der Waals surface area contributed by atoms with E-state index in [1.165, 1.54) is 47.5 Å². The summed E-state index contributed by atoms with van der Waals surface area (Å²) in [5.74, 6) is 0. The molecule has 0 atom stereocenters. The molecule has 0 amide bonds. The van der Waals surface area contributed by atoms with Crippen molar-refractivity contribution in [3.8, 4) is 11.1 Å². The fourth-order valence-corrected chi connectivity index (χ4v) is 7.71. The van der Waals surface area contributed by atoms with Crippen molar-refractivity contribution in [2.75, 3.05) is 4.90 Å². The summed E-state index contributed by atoms with van der Waals surface area (Å²) >= 11 is 1.87. The van der Waals surface area contributed by atoms with E-state index in [9.17, 15) is 0 Å². The van der Waals surface area contributed by atoms with Gasteiger partial charge in [-0.15, -0.1) is 11.3 Å². The van der Waals surface area contributed by atoms with Gasteiger partial charge in [0.05, 0.1) is 0 Å². The molecular formula is C40H25NOS. The van der Waals surface area contributed by atoms with E-state index in [1.807, 2.05) is 11.3 Å². The van der Waals surface area contributed by atoms with Gasteiger partial charge in [0.15, 0.2) is 0 Å². The first-order valence-corrected chi connectivity index (χ1v) is 15.3. The molecular weight excluding hydrogens is 543 g/mol. The molecule has 43 heavy (non-hydrogen) atoms. The Hall–Kier alpha value is -5.38. The molecule has 7 aromatic carbocycles. The lowest BCUT2D eigenvalue weighted by Crippen LogP contribution is -2.09. The zero-order chi connectivity index (χ0) is 28.3. The van der Waals surface area contributed by atoms with E-state index in [2.05, 4.69) is 157 Å². The van der Waals surface area contributed by atoms with Crippen LogP contribution in [0.4, 0.5) is 17.1 Å². The maximum Gasteiger partial charge on any atom is 0.137 e. The van der Waals surface area contributed by atoms with E-state index in [4.69, 9.17) is 4.42 Å². The maximum atomic E-state index is 6.60. The molecule has 0 bridgehead atoms. The second-order valence-corrected chi connectivity index (χ2v) is 12.0. The summed E-state index contributed by atoms with van der Waals surface area (Å²) in [4.78, 5) is 2.30. The standard InChI is InChI=1S/C40H25NOS/c1-3-9-26(10-4-1)27-15-19-30(20-16-27)41(29-11-5-2-6-12-29)31-21-23-34-36(25-31)42-35-24-18-28-17-22-33-32-13-7-8-14-37(32)43-40(33)38(28)39(34)35/h1-25H. The Balaban J connectivity index is 1.24. The molecule has 0 N–H and O–H groups in total. The van der Waals surface area contributed by atoms with Gasteiger partial charge in [-0.3, -0.25) is 0 Å². The second kappa shape index (κ2) is 9.59. The minimum Gasteiger partial charge on any atom is -0.456 e. The third-order valence-electron chi connectivity index (χ3n) is 8.45. The number of anilines is 3. The third-order valence-corrected chi connectivity index (χ3v) is 9.65. The van der Waals surface area contributed by atoms with Crippen LogP contribution in [0.1, 0.15) is 0 Å². The van der Waals surface area contributed by atoms with Gasteiger partial charge in [0, 0.05) is 59.5 Å². The highest BCUT2D eigenvalue weighted by molar-refractivity contribution is 7.26. The van der Waals surface area contributed by atoms with Crippen molar-refractivity contribution >= 4 is 81.3 Å². The average Bonchev–Trinajstić information content (AvgIpc) is 3.64. The summed E-state index contributed by atoms with van der Waals surface area (Å²) in [6.07, 6.45) is 0. The molecule has 202 valence electrons. The van der Waals surface area contributed by atoms with E-state index in [1.54, 1.807) is 0 Å². The van der Waals surface area contributed by atoms with E-state index in [0.717, 1.165) is 33.6 Å². The minimum atomic E-state index is 0.889. The van der Waals surface area contributed by atoms with Gasteiger partial charge in [0.1, 0.15) is 11.2 Å². The molecule has 2 aromatic heterocycles. The zero-order valence-corrected chi connectivity index (χ0v) is 24.0. The number of para-hydroxylation sites is 1. The van der Waals surface area contributed by atoms with Crippen LogP contribution in [0.25, 0.3) is 64.0 Å². The van der Waals surface area contributed by atoms with Crippen molar-refractivity contribution in [3.63, 3.8) is 0 Å². The molecule has 9 aromatic rings. The first-order chi connectivity index (χ1) is 21.3. The van der Waals surface area contributed by atoms with Gasteiger partial charge in [0.25, 0.3) is 0 Å². The Morgan fingerprint density at radius 3 is 1.93 bits per heavy atom. The number of fused-ring (bicyclic) bond motifs is 9. The molecule has 9 rings (SSSR count). The third kappa shape index (κ3) is 3.86. The lowest BCUT2D eigenvalue weighted by atomic mass is 10.0. The SMILES string of the molecule is c1ccc(-c2ccc(N(c3ccccc3)c3ccc4c(c3)oc3ccc5ccc6c7ccccc7sc6c5c34)cc2)cc1. The molecule has 3 heteroatoms. The zero-order valence-electron chi connectivity index (χ0n) is 23.2. The van der Waals surface area contributed by atoms with E-state index in [-0.39, 0.29) is 0 Å². The largest absolute Gasteiger partial charge is 0.456 e. The molecule has 2 nitrogen and oxygen atoms in total. The molecule has 0 fully saturated rings. The first kappa shape index (κ1) is 24.2. The van der Waals surface area contributed by atoms with Crippen molar-refractivity contribution < 1.29 is 4.42 Å². The second-order valence-electron chi connectivity index (χ2n) is 10.9. The van der Waals surface area contributed by atoms with Crippen molar-refractivity contribution in [3.05, 3.63) is 152 Å². The molecule has 0 saturated heterocycles. The molecule has 0 unspecified atom stereocenters. The summed E-state index contributed by atoms with van der Waals surface area (Å²) in [5, 5.41) is 7.47. The number of hydrogen-bond acceptors (Lipinski definition) is 3. The van der Waals surface area contributed by atoms with Gasteiger partial charge >= 0.3 is 0 Å². The summed E-state index contributed by atoms with van der Waals surface area (Å²) in [5.41, 5.74) is 7.47. The van der Waals surface area contributed by atoms with Crippen LogP contribution in [0.2, 0.25) is 0 Å². The Bertz CT molecular complexity index is 2440. The van der Waals surface area contributed by atoms with Crippen molar-refractivity contribution in [1.82, 2.24) is 0 Å². The van der Waals surface area contributed by atoms with Crippen molar-refractivity contribution in [2.24, 2.45) is 0 Å². The Kier molecular flexibility index (Phi) is 5.40. The van der Waals surface area contributed by atoms with Crippen LogP contribution < -0.4 is 4.90 Å². The highest BCUT2D eigenvalue weighted by Gasteiger charge is 2.18. The lowest BCUT2D eigenvalue weighted by molar-refractivity contribution is 0.669. The van der Waals surface area contributed by atoms with Crippen LogP contribution in [0.15, 0.2) is 156 Å². The minimum absolute atomic E-state index is 0.889. The highest BCUT2D eigenvalue weighted by atomic mass is 32.1. The number of nitrogens with zero attached hydrogens (tertiary/aromatic N) is 1. The topological polar surface area (TPSA) is 16.4 Å². The van der Waals surface area contributed by atoms with E-state index in [0.29, 0.717) is 0 Å². The molecule has 2 heterocycles. The fourth-order valence-electron chi connectivity index (χ4n) is 6.44. The number of thiophene rings is 1. The molecule has 0 spiro atoms. The molecule has 0 saturated carbocycles. The fraction of sp³-hybridized carbons (Fsp3) is 0. The van der Waals surface area contributed by atoms with Crippen molar-refractivity contribution in [2.45, 2.75) is 0 Å². The van der Waals surface area contributed by atoms with Crippen LogP contribution in [0.5, 0.6) is 0 Å². The van der Waals surface area contributed by atoms with Gasteiger partial charge in [-0.05, 0) is 65.0 Å². The molecule has 0 aliphatic rings. The van der Waals surface area contributed by atoms with Gasteiger partial charge < -0.3 is 9.32 Å². The van der Waals surface area contributed by atoms with Gasteiger partial charge in [-0.1, -0.05) is 97.1 Å². The summed E-state index contributed by atoms with van der Waals surface area (Å²) in [7, 11) is 0. The van der Waals surface area contributed by atoms with Crippen molar-refractivity contribution in [1.29, 1.82) is 0 Å². The first-order valence-electron chi connectivity index (χ1n) is 14.5. The smallest absolute Gasteiger partial charge is 0.137 e. The summed E-state index contributed by atoms with van der Waals surface area (Å²) < 4.78 is 9.23. The highest BCUT2D eigenvalue weighted by Crippen LogP contribution is 2.45. The Morgan fingerprint density at radius 2 is 1.09 bits per heavy atom. The quantitative estimate of drug-likeness (QED) is 0.210. The van der Waals surface area contributed by atoms with Gasteiger partial charge in [-0.2, -0.15) is 0 Å². The van der Waals surface area contributed by atoms with Crippen LogP contribution in [-0.2, 0) is 0 Å². The number of furan rings is 1. The monoisotopic (exact) mass is 567 g/mol. The Morgan fingerprint density at radius 1 is 0.442 bits per heavy atom. The number of rotatable bonds is 4. The van der Waals surface area contributed by atoms with Gasteiger partial charge in [0.2, 0.25) is 0 Å². The normalized spacial score (nSPS) is 11.7. The predicted octanol–water partition coefficient (Wildman–Crippen LogP) is 12.2. The number of hydrogen-bond donors (Lipinski definition) is 0. The van der Waals surface area contributed by atoms with E-state index < -0.39 is 0 Å². The summed E-state index contributed by atoms with van der Waals surface area (Å²) in [6, 6.07) is 54.0. The maximum absolute atomic E-state index is 6.60. The predicted molar refractivity (Wildman–Crippen MR) is 184 cm³/mol. The average molecular weight is 568 g/mol. The Labute approximate surface area is 252 Å². The molecule has 0 aliphatic carbocycles. The van der Waals surface area contributed by atoms with Crippen LogP contribution in [-0.4, -0.2) is 0 Å². The van der Waals surface area contributed by atoms with Crippen LogP contribution in [0, 0.1) is 0 Å². The molecule has 0 aliphatic heterocycles. The van der Waals surface area contributed by atoms with Crippen LogP contribution in [0.3, 0.4) is 0 Å². The number of benzene rings is 7.